The van der Waals surface area contributed by atoms with Crippen LogP contribution in [-0.4, -0.2) is 54.4 Å². The SMILES string of the molecule is CC(C)(C)OC(=O)[N+]1(C2CCNCC2)CCC(N(c2ccccc2)c2ccc(Br)cc2)CC1. The van der Waals surface area contributed by atoms with Gasteiger partial charge in [0.1, 0.15) is 11.6 Å². The van der Waals surface area contributed by atoms with Crippen LogP contribution >= 0.6 is 15.9 Å². The fourth-order valence-corrected chi connectivity index (χ4v) is 5.65. The lowest BCUT2D eigenvalue weighted by Crippen LogP contribution is -2.66. The molecule has 5 nitrogen and oxygen atoms in total. The lowest BCUT2D eigenvalue weighted by Gasteiger charge is -2.49. The van der Waals surface area contributed by atoms with Gasteiger partial charge in [0.15, 0.2) is 0 Å². The second-order valence-corrected chi connectivity index (χ2v) is 11.3. The zero-order chi connectivity index (χ0) is 23.5. The quantitative estimate of drug-likeness (QED) is 0.489. The molecule has 0 aromatic heterocycles. The van der Waals surface area contributed by atoms with E-state index in [1.807, 2.05) is 20.8 Å². The number of halogens is 1. The van der Waals surface area contributed by atoms with Crippen LogP contribution in [0.25, 0.3) is 0 Å². The van der Waals surface area contributed by atoms with E-state index < -0.39 is 5.60 Å². The van der Waals surface area contributed by atoms with Gasteiger partial charge >= 0.3 is 6.09 Å². The molecule has 1 amide bonds. The molecular formula is C27H37BrN3O2+. The van der Waals surface area contributed by atoms with Gasteiger partial charge in [-0.15, -0.1) is 0 Å². The molecule has 0 radical (unpaired) electrons. The third-order valence-electron chi connectivity index (χ3n) is 6.99. The predicted molar refractivity (Wildman–Crippen MR) is 138 cm³/mol. The number of ether oxygens (including phenoxy) is 1. The van der Waals surface area contributed by atoms with Crippen LogP contribution in [0.5, 0.6) is 0 Å². The number of carbonyl (C=O) groups is 1. The number of anilines is 2. The maximum atomic E-state index is 13.6. The van der Waals surface area contributed by atoms with Crippen molar-refractivity contribution in [2.75, 3.05) is 31.1 Å². The summed E-state index contributed by atoms with van der Waals surface area (Å²) in [5, 5.41) is 3.46. The second kappa shape index (κ2) is 10.2. The molecule has 2 aliphatic rings. The summed E-state index contributed by atoms with van der Waals surface area (Å²) in [5.41, 5.74) is 1.91. The number of likely N-dealkylation sites (tertiary alicyclic amines) is 1. The minimum Gasteiger partial charge on any atom is -0.414 e. The summed E-state index contributed by atoms with van der Waals surface area (Å²) in [7, 11) is 0. The highest BCUT2D eigenvalue weighted by Gasteiger charge is 2.50. The minimum absolute atomic E-state index is 0.0391. The van der Waals surface area contributed by atoms with Gasteiger partial charge in [0.25, 0.3) is 0 Å². The molecule has 0 bridgehead atoms. The fourth-order valence-electron chi connectivity index (χ4n) is 5.38. The Bertz CT molecular complexity index is 913. The summed E-state index contributed by atoms with van der Waals surface area (Å²) in [6.45, 7) is 9.52. The van der Waals surface area contributed by atoms with Crippen molar-refractivity contribution in [3.8, 4) is 0 Å². The first-order valence-corrected chi connectivity index (χ1v) is 13.0. The van der Waals surface area contributed by atoms with Gasteiger partial charge in [0.05, 0.1) is 13.1 Å². The van der Waals surface area contributed by atoms with Crippen LogP contribution in [0.3, 0.4) is 0 Å². The van der Waals surface area contributed by atoms with E-state index in [-0.39, 0.29) is 6.09 Å². The maximum absolute atomic E-state index is 13.6. The van der Waals surface area contributed by atoms with Crippen LogP contribution in [0.15, 0.2) is 59.1 Å². The largest absolute Gasteiger partial charge is 0.516 e. The molecule has 6 heteroatoms. The van der Waals surface area contributed by atoms with Crippen molar-refractivity contribution in [3.63, 3.8) is 0 Å². The van der Waals surface area contributed by atoms with Crippen LogP contribution in [0.4, 0.5) is 16.2 Å². The van der Waals surface area contributed by atoms with E-state index >= 15 is 0 Å². The molecule has 0 aliphatic carbocycles. The first-order chi connectivity index (χ1) is 15.8. The average molecular weight is 516 g/mol. The maximum Gasteiger partial charge on any atom is 0.516 e. The van der Waals surface area contributed by atoms with Crippen LogP contribution in [-0.2, 0) is 4.74 Å². The highest BCUT2D eigenvalue weighted by Crippen LogP contribution is 2.37. The Morgan fingerprint density at radius 3 is 2.09 bits per heavy atom. The number of nitrogens with zero attached hydrogens (tertiary/aromatic N) is 2. The number of rotatable bonds is 4. The van der Waals surface area contributed by atoms with Crippen LogP contribution in [0.2, 0.25) is 0 Å². The zero-order valence-corrected chi connectivity index (χ0v) is 21.7. The molecule has 0 saturated carbocycles. The van der Waals surface area contributed by atoms with E-state index in [9.17, 15) is 4.79 Å². The highest BCUT2D eigenvalue weighted by molar-refractivity contribution is 9.10. The summed E-state index contributed by atoms with van der Waals surface area (Å²) >= 11 is 3.57. The molecular weight excluding hydrogens is 478 g/mol. The molecule has 178 valence electrons. The molecule has 2 fully saturated rings. The highest BCUT2D eigenvalue weighted by atomic mass is 79.9. The summed E-state index contributed by atoms with van der Waals surface area (Å²) in [6, 6.07) is 19.8. The molecule has 0 unspecified atom stereocenters. The molecule has 2 aromatic rings. The molecule has 4 rings (SSSR count). The summed E-state index contributed by atoms with van der Waals surface area (Å²) in [4.78, 5) is 16.1. The van der Waals surface area contributed by atoms with Crippen molar-refractivity contribution in [1.29, 1.82) is 0 Å². The smallest absolute Gasteiger partial charge is 0.414 e. The van der Waals surface area contributed by atoms with Crippen molar-refractivity contribution < 1.29 is 14.0 Å². The Balaban J connectivity index is 1.61. The van der Waals surface area contributed by atoms with E-state index in [2.05, 4.69) is 80.7 Å². The van der Waals surface area contributed by atoms with Gasteiger partial charge in [-0.3, -0.25) is 0 Å². The molecule has 1 N–H and O–H groups in total. The number of amides is 1. The molecule has 0 atom stereocenters. The van der Waals surface area contributed by atoms with E-state index in [0.717, 1.165) is 56.3 Å². The third-order valence-corrected chi connectivity index (χ3v) is 7.52. The number of quaternary nitrogens is 1. The fraction of sp³-hybridized carbons (Fsp3) is 0.519. The molecule has 2 heterocycles. The van der Waals surface area contributed by atoms with Gasteiger partial charge in [-0.25, -0.2) is 4.48 Å². The van der Waals surface area contributed by atoms with Crippen molar-refractivity contribution >= 4 is 33.4 Å². The Labute approximate surface area is 206 Å². The van der Waals surface area contributed by atoms with Crippen LogP contribution in [0, 0.1) is 0 Å². The average Bonchev–Trinajstić information content (AvgIpc) is 2.81. The van der Waals surface area contributed by atoms with Crippen molar-refractivity contribution in [3.05, 3.63) is 59.1 Å². The Morgan fingerprint density at radius 2 is 1.52 bits per heavy atom. The van der Waals surface area contributed by atoms with Crippen LogP contribution in [0.1, 0.15) is 46.5 Å². The Kier molecular flexibility index (Phi) is 7.46. The van der Waals surface area contributed by atoms with Crippen molar-refractivity contribution in [2.24, 2.45) is 0 Å². The molecule has 0 spiro atoms. The number of hydrogen-bond acceptors (Lipinski definition) is 4. The standard InChI is InChI=1S/C27H37BrN3O2/c1-27(2,3)33-26(32)31(25-13-17-29-18-14-25)19-15-24(16-20-31)30(22-7-5-4-6-8-22)23-11-9-21(28)10-12-23/h4-12,24-25,29H,13-20H2,1-3H3/q+1. The van der Waals surface area contributed by atoms with Gasteiger partial charge < -0.3 is 15.0 Å². The van der Waals surface area contributed by atoms with Crippen molar-refractivity contribution in [1.82, 2.24) is 5.32 Å². The number of nitrogens with one attached hydrogen (secondary N) is 1. The van der Waals surface area contributed by atoms with Gasteiger partial charge in [-0.2, -0.15) is 4.79 Å². The molecule has 2 saturated heterocycles. The Hall–Kier alpha value is -1.89. The second-order valence-electron chi connectivity index (χ2n) is 10.4. The van der Waals surface area contributed by atoms with Gasteiger partial charge in [0.2, 0.25) is 0 Å². The van der Waals surface area contributed by atoms with Gasteiger partial charge in [-0.1, -0.05) is 34.1 Å². The first kappa shape index (κ1) is 24.2. The zero-order valence-electron chi connectivity index (χ0n) is 20.1. The van der Waals surface area contributed by atoms with Gasteiger partial charge in [-0.05, 0) is 57.2 Å². The van der Waals surface area contributed by atoms with E-state index in [4.69, 9.17) is 4.74 Å². The topological polar surface area (TPSA) is 41.6 Å². The monoisotopic (exact) mass is 514 g/mol. The van der Waals surface area contributed by atoms with Gasteiger partial charge in [0, 0.05) is 60.7 Å². The number of para-hydroxylation sites is 1. The van der Waals surface area contributed by atoms with Crippen molar-refractivity contribution in [2.45, 2.75) is 64.1 Å². The lowest BCUT2D eigenvalue weighted by atomic mass is 9.93. The number of piperidine rings is 2. The number of hydrogen-bond donors (Lipinski definition) is 1. The number of carbonyl (C=O) groups excluding carboxylic acids is 1. The lowest BCUT2D eigenvalue weighted by molar-refractivity contribution is -0.889. The van der Waals surface area contributed by atoms with Crippen LogP contribution < -0.4 is 10.2 Å². The first-order valence-electron chi connectivity index (χ1n) is 12.2. The van der Waals surface area contributed by atoms with E-state index in [0.29, 0.717) is 16.6 Å². The normalized spacial score (nSPS) is 24.3. The summed E-state index contributed by atoms with van der Waals surface area (Å²) in [5.74, 6) is 0. The molecule has 33 heavy (non-hydrogen) atoms. The minimum atomic E-state index is -0.473. The predicted octanol–water partition coefficient (Wildman–Crippen LogP) is 6.25. The van der Waals surface area contributed by atoms with E-state index in [1.54, 1.807) is 0 Å². The summed E-state index contributed by atoms with van der Waals surface area (Å²) in [6.07, 6.45) is 3.92. The molecule has 2 aromatic carbocycles. The van der Waals surface area contributed by atoms with E-state index in [1.165, 1.54) is 11.4 Å². The Morgan fingerprint density at radius 1 is 0.939 bits per heavy atom. The number of benzene rings is 2. The summed E-state index contributed by atoms with van der Waals surface area (Å²) < 4.78 is 7.55. The molecule has 2 aliphatic heterocycles. The third kappa shape index (κ3) is 5.61.